The number of fused-ring (bicyclic) bond motifs is 1. The van der Waals surface area contributed by atoms with Gasteiger partial charge < -0.3 is 19.5 Å². The molecular weight excluding hydrogens is 491 g/mol. The Kier molecular flexibility index (Phi) is 6.64. The third-order valence-electron chi connectivity index (χ3n) is 5.96. The van der Waals surface area contributed by atoms with E-state index in [0.29, 0.717) is 17.2 Å². The number of hydrogen-bond donors (Lipinski definition) is 2. The summed E-state index contributed by atoms with van der Waals surface area (Å²) in [5.41, 5.74) is 0.985. The van der Waals surface area contributed by atoms with Gasteiger partial charge in [-0.05, 0) is 36.4 Å². The van der Waals surface area contributed by atoms with Crippen molar-refractivity contribution in [3.8, 4) is 17.3 Å². The zero-order chi connectivity index (χ0) is 26.0. The highest BCUT2D eigenvalue weighted by atomic mass is 19.4. The SMILES string of the molecule is N#Cc1cccc(-c2ccnc(NC3COC4C(OC(=O)Nc5cccc(C(F)(F)F)c5)COC34)n2)c1. The van der Waals surface area contributed by atoms with Gasteiger partial charge in [-0.3, -0.25) is 5.32 Å². The average Bonchev–Trinajstić information content (AvgIpc) is 3.47. The maximum atomic E-state index is 12.9. The predicted molar refractivity (Wildman–Crippen MR) is 124 cm³/mol. The van der Waals surface area contributed by atoms with Crippen LogP contribution >= 0.6 is 0 Å². The number of anilines is 2. The van der Waals surface area contributed by atoms with Crippen molar-refractivity contribution in [1.29, 1.82) is 5.26 Å². The number of carbonyl (C=O) groups excluding carboxylic acids is 1. The van der Waals surface area contributed by atoms with Gasteiger partial charge in [0, 0.05) is 17.4 Å². The molecule has 4 unspecified atom stereocenters. The first-order chi connectivity index (χ1) is 17.8. The summed E-state index contributed by atoms with van der Waals surface area (Å²) in [5.74, 6) is 0.337. The van der Waals surface area contributed by atoms with Crippen LogP contribution in [0.25, 0.3) is 11.3 Å². The van der Waals surface area contributed by atoms with Gasteiger partial charge >= 0.3 is 12.3 Å². The number of ether oxygens (including phenoxy) is 3. The largest absolute Gasteiger partial charge is 0.441 e. The summed E-state index contributed by atoms with van der Waals surface area (Å²) in [7, 11) is 0. The fourth-order valence-corrected chi connectivity index (χ4v) is 4.25. The highest BCUT2D eigenvalue weighted by Crippen LogP contribution is 2.32. The fraction of sp³-hybridized carbons (Fsp3) is 0.280. The number of nitriles is 1. The molecule has 1 amide bonds. The number of carbonyl (C=O) groups is 1. The molecule has 0 spiro atoms. The summed E-state index contributed by atoms with van der Waals surface area (Å²) in [6.45, 7) is 0.299. The van der Waals surface area contributed by atoms with Crippen molar-refractivity contribution in [2.75, 3.05) is 23.8 Å². The molecule has 2 fully saturated rings. The Morgan fingerprint density at radius 3 is 2.70 bits per heavy atom. The summed E-state index contributed by atoms with van der Waals surface area (Å²) in [4.78, 5) is 21.1. The normalized spacial score (nSPS) is 22.6. The van der Waals surface area contributed by atoms with Gasteiger partial charge in [0.05, 0.1) is 42.1 Å². The average molecular weight is 511 g/mol. The van der Waals surface area contributed by atoms with Crippen LogP contribution in [0.2, 0.25) is 0 Å². The third-order valence-corrected chi connectivity index (χ3v) is 5.96. The predicted octanol–water partition coefficient (Wildman–Crippen LogP) is 4.23. The van der Waals surface area contributed by atoms with E-state index in [2.05, 4.69) is 26.7 Å². The molecule has 2 N–H and O–H groups in total. The molecule has 2 aliphatic heterocycles. The molecule has 0 saturated carbocycles. The van der Waals surface area contributed by atoms with Crippen LogP contribution in [0.4, 0.5) is 29.6 Å². The van der Waals surface area contributed by atoms with Gasteiger partial charge in [0.25, 0.3) is 0 Å². The molecule has 190 valence electrons. The Morgan fingerprint density at radius 2 is 1.89 bits per heavy atom. The maximum absolute atomic E-state index is 12.9. The quantitative estimate of drug-likeness (QED) is 0.523. The number of benzene rings is 2. The minimum Gasteiger partial charge on any atom is -0.441 e. The molecule has 0 aliphatic carbocycles. The second-order valence-electron chi connectivity index (χ2n) is 8.45. The topological polar surface area (TPSA) is 118 Å². The van der Waals surface area contributed by atoms with Crippen molar-refractivity contribution < 1.29 is 32.2 Å². The van der Waals surface area contributed by atoms with Gasteiger partial charge in [-0.1, -0.05) is 18.2 Å². The van der Waals surface area contributed by atoms with Crippen LogP contribution in [0.15, 0.2) is 60.8 Å². The second kappa shape index (κ2) is 10.0. The van der Waals surface area contributed by atoms with E-state index in [1.54, 1.807) is 30.5 Å². The molecule has 2 aromatic carbocycles. The van der Waals surface area contributed by atoms with Crippen LogP contribution in [-0.2, 0) is 20.4 Å². The number of hydrogen-bond acceptors (Lipinski definition) is 8. The van der Waals surface area contributed by atoms with Crippen LogP contribution in [0.5, 0.6) is 0 Å². The van der Waals surface area contributed by atoms with E-state index in [0.717, 1.165) is 17.7 Å². The molecule has 0 radical (unpaired) electrons. The zero-order valence-electron chi connectivity index (χ0n) is 19.1. The Labute approximate surface area is 209 Å². The minimum absolute atomic E-state index is 0.0421. The molecule has 5 rings (SSSR count). The van der Waals surface area contributed by atoms with Gasteiger partial charge in [0.15, 0.2) is 6.10 Å². The second-order valence-corrected chi connectivity index (χ2v) is 8.45. The lowest BCUT2D eigenvalue weighted by Crippen LogP contribution is -2.38. The molecule has 4 atom stereocenters. The van der Waals surface area contributed by atoms with Gasteiger partial charge in [-0.2, -0.15) is 18.4 Å². The lowest BCUT2D eigenvalue weighted by Gasteiger charge is -2.18. The summed E-state index contributed by atoms with van der Waals surface area (Å²) >= 11 is 0. The lowest BCUT2D eigenvalue weighted by atomic mass is 10.1. The molecule has 12 heteroatoms. The van der Waals surface area contributed by atoms with Crippen molar-refractivity contribution in [2.45, 2.75) is 30.5 Å². The first kappa shape index (κ1) is 24.5. The van der Waals surface area contributed by atoms with Crippen LogP contribution in [0.3, 0.4) is 0 Å². The van der Waals surface area contributed by atoms with Crippen molar-refractivity contribution in [2.24, 2.45) is 0 Å². The number of aromatic nitrogens is 2. The molecule has 3 aromatic rings. The van der Waals surface area contributed by atoms with Gasteiger partial charge in [-0.25, -0.2) is 14.8 Å². The zero-order valence-corrected chi connectivity index (χ0v) is 19.1. The number of rotatable bonds is 5. The molecule has 9 nitrogen and oxygen atoms in total. The first-order valence-corrected chi connectivity index (χ1v) is 11.3. The van der Waals surface area contributed by atoms with Crippen molar-refractivity contribution in [3.63, 3.8) is 0 Å². The highest BCUT2D eigenvalue weighted by Gasteiger charge is 2.49. The van der Waals surface area contributed by atoms with E-state index in [-0.39, 0.29) is 24.9 Å². The molecule has 2 saturated heterocycles. The number of nitrogens with zero attached hydrogens (tertiary/aromatic N) is 3. The molecular formula is C25H20F3N5O4. The number of halogens is 3. The van der Waals surface area contributed by atoms with Crippen LogP contribution < -0.4 is 10.6 Å². The van der Waals surface area contributed by atoms with Gasteiger partial charge in [-0.15, -0.1) is 0 Å². The molecule has 0 bridgehead atoms. The highest BCUT2D eigenvalue weighted by molar-refractivity contribution is 5.84. The Hall–Kier alpha value is -4.21. The van der Waals surface area contributed by atoms with E-state index in [1.165, 1.54) is 12.1 Å². The van der Waals surface area contributed by atoms with Gasteiger partial charge in [0.2, 0.25) is 5.95 Å². The van der Waals surface area contributed by atoms with Crippen LogP contribution in [0, 0.1) is 11.3 Å². The third kappa shape index (κ3) is 5.47. The van der Waals surface area contributed by atoms with Crippen molar-refractivity contribution in [1.82, 2.24) is 9.97 Å². The minimum atomic E-state index is -4.53. The smallest absolute Gasteiger partial charge is 0.416 e. The lowest BCUT2D eigenvalue weighted by molar-refractivity contribution is -0.137. The monoisotopic (exact) mass is 511 g/mol. The van der Waals surface area contributed by atoms with Gasteiger partial charge in [0.1, 0.15) is 12.2 Å². The number of amides is 1. The van der Waals surface area contributed by atoms with Crippen LogP contribution in [0.1, 0.15) is 11.1 Å². The van der Waals surface area contributed by atoms with E-state index in [4.69, 9.17) is 19.5 Å². The van der Waals surface area contributed by atoms with E-state index < -0.39 is 36.1 Å². The Bertz CT molecular complexity index is 1350. The van der Waals surface area contributed by atoms with Crippen LogP contribution in [-0.4, -0.2) is 53.6 Å². The molecule has 37 heavy (non-hydrogen) atoms. The first-order valence-electron chi connectivity index (χ1n) is 11.3. The summed E-state index contributed by atoms with van der Waals surface area (Å²) in [6, 6.07) is 14.8. The van der Waals surface area contributed by atoms with Crippen molar-refractivity contribution in [3.05, 3.63) is 71.9 Å². The van der Waals surface area contributed by atoms with Crippen molar-refractivity contribution >= 4 is 17.7 Å². The summed E-state index contributed by atoms with van der Waals surface area (Å²) < 4.78 is 55.7. The van der Waals surface area contributed by atoms with E-state index in [9.17, 15) is 18.0 Å². The molecule has 3 heterocycles. The molecule has 2 aliphatic rings. The maximum Gasteiger partial charge on any atom is 0.416 e. The molecule has 1 aromatic heterocycles. The standard InChI is InChI=1S/C25H20F3N5O4/c26-25(27,28)16-5-2-6-17(10-16)31-24(34)37-20-13-36-21-19(12-35-22(20)21)33-23-30-8-7-18(32-23)15-4-1-3-14(9-15)11-29/h1-10,19-22H,12-13H2,(H,31,34)(H,30,32,33). The summed E-state index contributed by atoms with van der Waals surface area (Å²) in [6.07, 6.45) is -5.62. The number of nitrogens with one attached hydrogen (secondary N) is 2. The Morgan fingerprint density at radius 1 is 1.08 bits per heavy atom. The van der Waals surface area contributed by atoms with E-state index >= 15 is 0 Å². The fourth-order valence-electron chi connectivity index (χ4n) is 4.25. The number of alkyl halides is 3. The Balaban J connectivity index is 1.20. The summed E-state index contributed by atoms with van der Waals surface area (Å²) in [5, 5.41) is 14.6. The van der Waals surface area contributed by atoms with E-state index in [1.807, 2.05) is 6.07 Å².